The summed E-state index contributed by atoms with van der Waals surface area (Å²) in [5, 5.41) is 6.67. The number of alkyl carbamates (subject to hydrolysis) is 1. The Morgan fingerprint density at radius 3 is 2.17 bits per heavy atom. The van der Waals surface area contributed by atoms with Crippen molar-refractivity contribution < 1.29 is 23.5 Å². The first-order chi connectivity index (χ1) is 19.5. The molecule has 10 nitrogen and oxygen atoms in total. The van der Waals surface area contributed by atoms with Crippen LogP contribution in [0.25, 0.3) is 11.6 Å². The number of hydrogen-bond donors (Lipinski definition) is 1. The standard InChI is InChI=1S/C31H35N5O5/c1-30(2,3)41-29(37)35-23-16-26(17-23)40-25-12-8-21(9-13-25)31(4,5)20-6-10-24(11-7-20)38-18-22-14-15-32-27(34-22)28-33-19-39-36-28/h6-15,19,23,26H,16-18H2,1-5H3,(H,35,37)/t23-,26+. The molecule has 0 aliphatic heterocycles. The minimum Gasteiger partial charge on any atom is -0.490 e. The van der Waals surface area contributed by atoms with Crippen molar-refractivity contribution in [1.82, 2.24) is 25.4 Å². The van der Waals surface area contributed by atoms with E-state index in [1.54, 1.807) is 12.3 Å². The van der Waals surface area contributed by atoms with Crippen LogP contribution >= 0.6 is 0 Å². The lowest BCUT2D eigenvalue weighted by Crippen LogP contribution is -2.50. The lowest BCUT2D eigenvalue weighted by molar-refractivity contribution is 0.0363. The number of amides is 1. The van der Waals surface area contributed by atoms with E-state index < -0.39 is 5.60 Å². The van der Waals surface area contributed by atoms with Crippen LogP contribution in [-0.4, -0.2) is 43.9 Å². The second-order valence-corrected chi connectivity index (χ2v) is 11.6. The van der Waals surface area contributed by atoms with Gasteiger partial charge in [0.2, 0.25) is 18.0 Å². The molecule has 0 radical (unpaired) electrons. The first kappa shape index (κ1) is 28.1. The third-order valence-electron chi connectivity index (χ3n) is 6.93. The molecule has 0 atom stereocenters. The van der Waals surface area contributed by atoms with Crippen molar-refractivity contribution in [3.63, 3.8) is 0 Å². The molecule has 1 aliphatic carbocycles. The summed E-state index contributed by atoms with van der Waals surface area (Å²) in [6, 6.07) is 18.2. The van der Waals surface area contributed by atoms with Crippen molar-refractivity contribution in [2.45, 2.75) is 77.2 Å². The molecule has 1 fully saturated rings. The molecule has 1 amide bonds. The van der Waals surface area contributed by atoms with Crippen LogP contribution < -0.4 is 14.8 Å². The molecule has 2 aromatic heterocycles. The molecule has 4 aromatic rings. The Morgan fingerprint density at radius 2 is 1.56 bits per heavy atom. The van der Waals surface area contributed by atoms with Crippen LogP contribution in [0, 0.1) is 0 Å². The summed E-state index contributed by atoms with van der Waals surface area (Å²) in [5.74, 6) is 2.29. The topological polar surface area (TPSA) is 121 Å². The molecule has 0 unspecified atom stereocenters. The lowest BCUT2D eigenvalue weighted by Gasteiger charge is -2.36. The smallest absolute Gasteiger partial charge is 0.407 e. The number of carbonyl (C=O) groups excluding carboxylic acids is 1. The Hall–Kier alpha value is -4.47. The van der Waals surface area contributed by atoms with E-state index in [0.717, 1.165) is 29.9 Å². The monoisotopic (exact) mass is 557 g/mol. The first-order valence-corrected chi connectivity index (χ1v) is 13.6. The maximum atomic E-state index is 11.9. The van der Waals surface area contributed by atoms with Gasteiger partial charge in [0.1, 0.15) is 29.8 Å². The van der Waals surface area contributed by atoms with E-state index in [-0.39, 0.29) is 30.3 Å². The fraction of sp³-hybridized carbons (Fsp3) is 0.387. The number of hydrogen-bond acceptors (Lipinski definition) is 9. The second-order valence-electron chi connectivity index (χ2n) is 11.6. The number of nitrogens with one attached hydrogen (secondary N) is 1. The summed E-state index contributed by atoms with van der Waals surface area (Å²) < 4.78 is 22.2. The average Bonchev–Trinajstić information content (AvgIpc) is 3.46. The van der Waals surface area contributed by atoms with Gasteiger partial charge in [0, 0.05) is 30.5 Å². The fourth-order valence-electron chi connectivity index (χ4n) is 4.54. The van der Waals surface area contributed by atoms with Crippen LogP contribution in [0.15, 0.2) is 71.7 Å². The fourth-order valence-corrected chi connectivity index (χ4v) is 4.54. The number of carbonyl (C=O) groups is 1. The maximum Gasteiger partial charge on any atom is 0.407 e. The zero-order valence-electron chi connectivity index (χ0n) is 24.0. The third-order valence-corrected chi connectivity index (χ3v) is 6.93. The summed E-state index contributed by atoms with van der Waals surface area (Å²) in [5.41, 5.74) is 2.32. The molecule has 5 rings (SSSR count). The van der Waals surface area contributed by atoms with Gasteiger partial charge in [-0.05, 0) is 62.2 Å². The highest BCUT2D eigenvalue weighted by Gasteiger charge is 2.33. The third kappa shape index (κ3) is 7.19. The Balaban J connectivity index is 1.12. The Labute approximate surface area is 239 Å². The summed E-state index contributed by atoms with van der Waals surface area (Å²) in [6.07, 6.45) is 4.11. The van der Waals surface area contributed by atoms with Gasteiger partial charge in [-0.15, -0.1) is 0 Å². The molecule has 1 aliphatic rings. The predicted octanol–water partition coefficient (Wildman–Crippen LogP) is 5.87. The molecular formula is C31H35N5O5. The number of aromatic nitrogens is 4. The lowest BCUT2D eigenvalue weighted by atomic mass is 9.78. The number of nitrogens with zero attached hydrogens (tertiary/aromatic N) is 4. The van der Waals surface area contributed by atoms with Crippen molar-refractivity contribution in [1.29, 1.82) is 0 Å². The van der Waals surface area contributed by atoms with Crippen LogP contribution in [-0.2, 0) is 16.8 Å². The van der Waals surface area contributed by atoms with E-state index in [1.807, 2.05) is 45.0 Å². The van der Waals surface area contributed by atoms with Crippen molar-refractivity contribution in [3.05, 3.63) is 84.0 Å². The van der Waals surface area contributed by atoms with Gasteiger partial charge < -0.3 is 24.1 Å². The van der Waals surface area contributed by atoms with E-state index in [4.69, 9.17) is 18.7 Å². The SMILES string of the molecule is CC(C)(C)OC(=O)N[C@H]1C[C@@H](Oc2ccc(C(C)(C)c3ccc(OCc4ccnc(-c5ncon5)n4)cc3)cc2)C1. The number of benzene rings is 2. The van der Waals surface area contributed by atoms with Gasteiger partial charge >= 0.3 is 6.09 Å². The number of rotatable bonds is 9. The first-order valence-electron chi connectivity index (χ1n) is 13.6. The average molecular weight is 558 g/mol. The molecular weight excluding hydrogens is 522 g/mol. The highest BCUT2D eigenvalue weighted by molar-refractivity contribution is 5.68. The van der Waals surface area contributed by atoms with Gasteiger partial charge in [0.05, 0.1) is 5.69 Å². The van der Waals surface area contributed by atoms with E-state index in [9.17, 15) is 4.79 Å². The normalized spacial score (nSPS) is 16.9. The van der Waals surface area contributed by atoms with Crippen LogP contribution in [0.2, 0.25) is 0 Å². The van der Waals surface area contributed by atoms with Gasteiger partial charge in [0.25, 0.3) is 0 Å². The molecule has 2 aromatic carbocycles. The van der Waals surface area contributed by atoms with E-state index in [0.29, 0.717) is 17.3 Å². The minimum atomic E-state index is -0.504. The largest absolute Gasteiger partial charge is 0.490 e. The van der Waals surface area contributed by atoms with Gasteiger partial charge in [-0.3, -0.25) is 0 Å². The number of ether oxygens (including phenoxy) is 3. The van der Waals surface area contributed by atoms with Crippen LogP contribution in [0.4, 0.5) is 4.79 Å². The van der Waals surface area contributed by atoms with Crippen LogP contribution in [0.3, 0.4) is 0 Å². The zero-order chi connectivity index (χ0) is 29.0. The van der Waals surface area contributed by atoms with Crippen molar-refractivity contribution in [3.8, 4) is 23.1 Å². The van der Waals surface area contributed by atoms with Crippen molar-refractivity contribution in [2.24, 2.45) is 0 Å². The molecule has 0 saturated heterocycles. The van der Waals surface area contributed by atoms with Gasteiger partial charge in [-0.25, -0.2) is 14.8 Å². The van der Waals surface area contributed by atoms with E-state index in [2.05, 4.69) is 63.5 Å². The van der Waals surface area contributed by atoms with Gasteiger partial charge in [-0.2, -0.15) is 4.98 Å². The van der Waals surface area contributed by atoms with Crippen molar-refractivity contribution in [2.75, 3.05) is 0 Å². The van der Waals surface area contributed by atoms with Gasteiger partial charge in [-0.1, -0.05) is 43.3 Å². The zero-order valence-corrected chi connectivity index (χ0v) is 24.0. The summed E-state index contributed by atoms with van der Waals surface area (Å²) >= 11 is 0. The molecule has 2 heterocycles. The Kier molecular flexibility index (Phi) is 7.92. The molecule has 0 spiro atoms. The van der Waals surface area contributed by atoms with E-state index >= 15 is 0 Å². The maximum absolute atomic E-state index is 11.9. The van der Waals surface area contributed by atoms with Crippen molar-refractivity contribution >= 4 is 6.09 Å². The molecule has 1 N–H and O–H groups in total. The Morgan fingerprint density at radius 1 is 0.902 bits per heavy atom. The predicted molar refractivity (Wildman–Crippen MR) is 151 cm³/mol. The highest BCUT2D eigenvalue weighted by atomic mass is 16.6. The minimum absolute atomic E-state index is 0.0780. The molecule has 0 bridgehead atoms. The Bertz CT molecular complexity index is 1440. The summed E-state index contributed by atoms with van der Waals surface area (Å²) in [4.78, 5) is 24.5. The van der Waals surface area contributed by atoms with Gasteiger partial charge in [0.15, 0.2) is 0 Å². The van der Waals surface area contributed by atoms with Crippen LogP contribution in [0.1, 0.15) is 64.3 Å². The summed E-state index contributed by atoms with van der Waals surface area (Å²) in [7, 11) is 0. The quantitative estimate of drug-likeness (QED) is 0.269. The molecule has 1 saturated carbocycles. The second kappa shape index (κ2) is 11.6. The van der Waals surface area contributed by atoms with E-state index in [1.165, 1.54) is 12.0 Å². The molecule has 10 heteroatoms. The summed E-state index contributed by atoms with van der Waals surface area (Å²) in [6.45, 7) is 10.2. The highest BCUT2D eigenvalue weighted by Crippen LogP contribution is 2.34. The molecule has 214 valence electrons. The molecule has 41 heavy (non-hydrogen) atoms. The van der Waals surface area contributed by atoms with Crippen LogP contribution in [0.5, 0.6) is 11.5 Å².